The second-order valence-electron chi connectivity index (χ2n) is 5.58. The molecule has 0 bridgehead atoms. The van der Waals surface area contributed by atoms with Gasteiger partial charge in [0, 0.05) is 28.9 Å². The molecule has 0 radical (unpaired) electrons. The first-order valence-electron chi connectivity index (χ1n) is 7.26. The van der Waals surface area contributed by atoms with Gasteiger partial charge in [-0.2, -0.15) is 0 Å². The van der Waals surface area contributed by atoms with E-state index >= 15 is 0 Å². The highest BCUT2D eigenvalue weighted by atomic mass is 16.5. The van der Waals surface area contributed by atoms with Gasteiger partial charge < -0.3 is 15.0 Å². The summed E-state index contributed by atoms with van der Waals surface area (Å²) in [5.74, 6) is -0.731. The largest absolute Gasteiger partial charge is 0.478 e. The van der Waals surface area contributed by atoms with Crippen molar-refractivity contribution < 1.29 is 29.2 Å². The molecule has 1 aliphatic heterocycles. The minimum atomic E-state index is -1.11. The maximum absolute atomic E-state index is 12.0. The van der Waals surface area contributed by atoms with E-state index in [2.05, 4.69) is 5.32 Å². The maximum atomic E-state index is 12.0. The molecular weight excluding hydrogens is 287 g/mol. The molecule has 2 rings (SSSR count). The summed E-state index contributed by atoms with van der Waals surface area (Å²) in [7, 11) is -1.11. The summed E-state index contributed by atoms with van der Waals surface area (Å²) < 4.78 is 6.24. The summed E-state index contributed by atoms with van der Waals surface area (Å²) in [5.41, 5.74) is 0.656. The van der Waals surface area contributed by atoms with Gasteiger partial charge in [-0.3, -0.25) is 14.8 Å². The SMILES string of the molecule is CC(=O)C[C@@H]1CC[C@H](NC(=O)Cc2ccc[n+](O)c2)B(O)O1. The van der Waals surface area contributed by atoms with E-state index in [1.807, 2.05) is 0 Å². The van der Waals surface area contributed by atoms with Gasteiger partial charge in [-0.05, 0) is 25.8 Å². The molecule has 2 atom stereocenters. The van der Waals surface area contributed by atoms with Gasteiger partial charge in [0.2, 0.25) is 18.3 Å². The van der Waals surface area contributed by atoms with Crippen LogP contribution in [0.2, 0.25) is 0 Å². The lowest BCUT2D eigenvalue weighted by Crippen LogP contribution is -2.53. The Morgan fingerprint density at radius 1 is 1.50 bits per heavy atom. The Morgan fingerprint density at radius 3 is 2.91 bits per heavy atom. The molecule has 0 saturated carbocycles. The van der Waals surface area contributed by atoms with Crippen molar-refractivity contribution >= 4 is 18.8 Å². The number of hydrogen-bond donors (Lipinski definition) is 3. The Hall–Kier alpha value is -1.93. The topological polar surface area (TPSA) is 99.7 Å². The van der Waals surface area contributed by atoms with Crippen molar-refractivity contribution in [1.29, 1.82) is 0 Å². The molecular formula is C14H20BN2O5+. The summed E-state index contributed by atoms with van der Waals surface area (Å²) in [5, 5.41) is 21.9. The van der Waals surface area contributed by atoms with Gasteiger partial charge in [0.05, 0.1) is 12.4 Å². The van der Waals surface area contributed by atoms with Crippen molar-refractivity contribution in [3.05, 3.63) is 30.1 Å². The molecule has 0 aromatic carbocycles. The van der Waals surface area contributed by atoms with E-state index in [1.54, 1.807) is 12.1 Å². The zero-order chi connectivity index (χ0) is 16.1. The molecule has 22 heavy (non-hydrogen) atoms. The molecule has 3 N–H and O–H groups in total. The van der Waals surface area contributed by atoms with Gasteiger partial charge in [-0.15, -0.1) is 0 Å². The highest BCUT2D eigenvalue weighted by Gasteiger charge is 2.36. The van der Waals surface area contributed by atoms with Crippen LogP contribution in [0.5, 0.6) is 0 Å². The fourth-order valence-electron chi connectivity index (χ4n) is 2.54. The number of hydrogen-bond acceptors (Lipinski definition) is 5. The average molecular weight is 307 g/mol. The standard InChI is InChI=1S/C14H19BN2O5/c1-10(18)7-12-4-5-13(15(20)22-12)16-14(19)8-11-3-2-6-17(21)9-11/h2-3,6,9,12-13,20H,4-5,7-8H2,1H3,(H-,16,19,21)/p+1/t12-,13-/m0/s1. The van der Waals surface area contributed by atoms with E-state index in [4.69, 9.17) is 4.65 Å². The van der Waals surface area contributed by atoms with Gasteiger partial charge >= 0.3 is 7.12 Å². The Balaban J connectivity index is 1.83. The smallest absolute Gasteiger partial charge is 0.426 e. The highest BCUT2D eigenvalue weighted by Crippen LogP contribution is 2.18. The van der Waals surface area contributed by atoms with E-state index in [9.17, 15) is 19.8 Å². The summed E-state index contributed by atoms with van der Waals surface area (Å²) in [6.45, 7) is 1.48. The molecule has 8 heteroatoms. The van der Waals surface area contributed by atoms with E-state index in [0.29, 0.717) is 18.4 Å². The van der Waals surface area contributed by atoms with Crippen LogP contribution in [0.15, 0.2) is 24.5 Å². The molecule has 1 fully saturated rings. The van der Waals surface area contributed by atoms with Crippen LogP contribution in [-0.4, -0.2) is 41.1 Å². The molecule has 0 unspecified atom stereocenters. The monoisotopic (exact) mass is 307 g/mol. The fraction of sp³-hybridized carbons (Fsp3) is 0.500. The molecule has 7 nitrogen and oxygen atoms in total. The van der Waals surface area contributed by atoms with Gasteiger partial charge in [0.15, 0.2) is 0 Å². The molecule has 0 spiro atoms. The third kappa shape index (κ3) is 4.82. The predicted octanol–water partition coefficient (Wildman–Crippen LogP) is -0.583. The summed E-state index contributed by atoms with van der Waals surface area (Å²) in [6.07, 6.45) is 4.15. The Labute approximate surface area is 129 Å². The van der Waals surface area contributed by atoms with Crippen molar-refractivity contribution in [2.24, 2.45) is 0 Å². The summed E-state index contributed by atoms with van der Waals surface area (Å²) in [6, 6.07) is 3.36. The normalized spacial score (nSPS) is 21.5. The Morgan fingerprint density at radius 2 is 2.27 bits per heavy atom. The number of nitrogens with one attached hydrogen (secondary N) is 1. The lowest BCUT2D eigenvalue weighted by atomic mass is 9.72. The molecule has 118 valence electrons. The van der Waals surface area contributed by atoms with Crippen LogP contribution in [0.25, 0.3) is 0 Å². The van der Waals surface area contributed by atoms with Crippen molar-refractivity contribution in [3.8, 4) is 0 Å². The lowest BCUT2D eigenvalue weighted by molar-refractivity contribution is -0.905. The summed E-state index contributed by atoms with van der Waals surface area (Å²) >= 11 is 0. The number of pyridine rings is 1. The molecule has 1 saturated heterocycles. The van der Waals surface area contributed by atoms with Crippen LogP contribution in [0.4, 0.5) is 0 Å². The molecule has 1 aromatic heterocycles. The number of aromatic nitrogens is 1. The van der Waals surface area contributed by atoms with Crippen LogP contribution in [0, 0.1) is 0 Å². The van der Waals surface area contributed by atoms with Crippen molar-refractivity contribution in [1.82, 2.24) is 5.32 Å². The molecule has 2 heterocycles. The molecule has 1 aromatic rings. The number of carbonyl (C=O) groups is 2. The van der Waals surface area contributed by atoms with Gasteiger partial charge in [-0.1, -0.05) is 0 Å². The quantitative estimate of drug-likeness (QED) is 0.384. The second kappa shape index (κ2) is 7.37. The lowest BCUT2D eigenvalue weighted by Gasteiger charge is -2.31. The fourth-order valence-corrected chi connectivity index (χ4v) is 2.54. The second-order valence-corrected chi connectivity index (χ2v) is 5.58. The van der Waals surface area contributed by atoms with Crippen LogP contribution < -0.4 is 10.0 Å². The highest BCUT2D eigenvalue weighted by molar-refractivity contribution is 6.45. The zero-order valence-corrected chi connectivity index (χ0v) is 12.4. The molecule has 1 amide bonds. The van der Waals surface area contributed by atoms with Crippen molar-refractivity contribution in [2.75, 3.05) is 0 Å². The van der Waals surface area contributed by atoms with Gasteiger partial charge in [0.25, 0.3) is 0 Å². The number of rotatable bonds is 5. The van der Waals surface area contributed by atoms with Crippen LogP contribution in [0.3, 0.4) is 0 Å². The van der Waals surface area contributed by atoms with E-state index in [-0.39, 0.29) is 30.6 Å². The van der Waals surface area contributed by atoms with Gasteiger partial charge in [-0.25, -0.2) is 0 Å². The van der Waals surface area contributed by atoms with Crippen molar-refractivity contribution in [3.63, 3.8) is 0 Å². The van der Waals surface area contributed by atoms with Gasteiger partial charge in [0.1, 0.15) is 5.78 Å². The van der Waals surface area contributed by atoms with Crippen LogP contribution in [0.1, 0.15) is 31.7 Å². The molecule has 0 aliphatic carbocycles. The number of nitrogens with zero attached hydrogens (tertiary/aromatic N) is 1. The number of Topliss-reactive ketones (excluding diaryl/α,β-unsaturated/α-hetero) is 1. The first-order valence-corrected chi connectivity index (χ1v) is 7.26. The minimum Gasteiger partial charge on any atom is -0.426 e. The summed E-state index contributed by atoms with van der Waals surface area (Å²) in [4.78, 5) is 23.0. The minimum absolute atomic E-state index is 0.0149. The van der Waals surface area contributed by atoms with Crippen molar-refractivity contribution in [2.45, 2.75) is 44.7 Å². The zero-order valence-electron chi connectivity index (χ0n) is 12.4. The Bertz CT molecular complexity index is 554. The number of amides is 1. The number of carbonyl (C=O) groups excluding carboxylic acids is 2. The van der Waals surface area contributed by atoms with Crippen LogP contribution in [-0.2, 0) is 20.7 Å². The predicted molar refractivity (Wildman–Crippen MR) is 76.8 cm³/mol. The average Bonchev–Trinajstić information content (AvgIpc) is 2.41. The van der Waals surface area contributed by atoms with E-state index in [0.717, 1.165) is 4.73 Å². The third-order valence-corrected chi connectivity index (χ3v) is 3.55. The van der Waals surface area contributed by atoms with E-state index in [1.165, 1.54) is 19.3 Å². The molecule has 1 aliphatic rings. The number of ketones is 1. The first-order chi connectivity index (χ1) is 10.4. The first kappa shape index (κ1) is 16.4. The van der Waals surface area contributed by atoms with E-state index < -0.39 is 13.1 Å². The maximum Gasteiger partial charge on any atom is 0.478 e. The third-order valence-electron chi connectivity index (χ3n) is 3.55. The Kier molecular flexibility index (Phi) is 5.51. The van der Waals surface area contributed by atoms with Crippen LogP contribution >= 0.6 is 0 Å².